The molecule has 3 aliphatic rings. The van der Waals surface area contributed by atoms with E-state index in [2.05, 4.69) is 41.0 Å². The smallest absolute Gasteiger partial charge is 0.220 e. The predicted octanol–water partition coefficient (Wildman–Crippen LogP) is 5.14. The van der Waals surface area contributed by atoms with Crippen LogP contribution >= 0.6 is 0 Å². The first-order valence-electron chi connectivity index (χ1n) is 14.1. The van der Waals surface area contributed by atoms with Gasteiger partial charge in [-0.05, 0) is 94.9 Å². The van der Waals surface area contributed by atoms with Crippen LogP contribution in [0.1, 0.15) is 72.1 Å². The van der Waals surface area contributed by atoms with E-state index < -0.39 is 0 Å². The fraction of sp³-hybridized carbons (Fsp3) is 0.724. The van der Waals surface area contributed by atoms with E-state index in [-0.39, 0.29) is 22.7 Å². The van der Waals surface area contributed by atoms with Crippen LogP contribution in [0.4, 0.5) is 10.2 Å². The van der Waals surface area contributed by atoms with E-state index in [0.29, 0.717) is 18.0 Å². The first kappa shape index (κ1) is 26.4. The quantitative estimate of drug-likeness (QED) is 0.552. The Morgan fingerprint density at radius 1 is 1.14 bits per heavy atom. The second kappa shape index (κ2) is 10.9. The molecule has 1 aliphatic carbocycles. The number of benzene rings is 1. The number of hydrogen-bond donors (Lipinski definition) is 1. The molecule has 1 aromatic carbocycles. The van der Waals surface area contributed by atoms with Gasteiger partial charge in [0.25, 0.3) is 0 Å². The number of aromatic nitrogens is 1. The Bertz CT molecular complexity index is 1070. The van der Waals surface area contributed by atoms with Crippen molar-refractivity contribution in [2.45, 2.75) is 83.8 Å². The number of halogens is 1. The number of rotatable bonds is 7. The summed E-state index contributed by atoms with van der Waals surface area (Å²) < 4.78 is 24.9. The molecular formula is C29H43FN4O3. The largest absolute Gasteiger partial charge is 0.376 e. The summed E-state index contributed by atoms with van der Waals surface area (Å²) in [6, 6.07) is 4.89. The van der Waals surface area contributed by atoms with Crippen LogP contribution in [0.5, 0.6) is 0 Å². The van der Waals surface area contributed by atoms with Gasteiger partial charge in [-0.25, -0.2) is 4.39 Å². The van der Waals surface area contributed by atoms with Crippen molar-refractivity contribution in [1.82, 2.24) is 15.4 Å². The molecule has 1 atom stereocenters. The van der Waals surface area contributed by atoms with Crippen LogP contribution in [0, 0.1) is 17.2 Å². The minimum atomic E-state index is -0.262. The molecule has 37 heavy (non-hydrogen) atoms. The molecular weight excluding hydrogens is 471 g/mol. The van der Waals surface area contributed by atoms with Gasteiger partial charge >= 0.3 is 0 Å². The van der Waals surface area contributed by atoms with Crippen LogP contribution in [0.15, 0.2) is 22.7 Å². The number of ether oxygens (including phenoxy) is 1. The molecule has 7 nitrogen and oxygen atoms in total. The summed E-state index contributed by atoms with van der Waals surface area (Å²) >= 11 is 0. The number of amides is 1. The minimum absolute atomic E-state index is 0.0318. The lowest BCUT2D eigenvalue weighted by Gasteiger charge is -2.42. The fourth-order valence-electron chi connectivity index (χ4n) is 6.83. The zero-order valence-electron chi connectivity index (χ0n) is 22.7. The van der Waals surface area contributed by atoms with Gasteiger partial charge in [-0.15, -0.1) is 0 Å². The second-order valence-electron chi connectivity index (χ2n) is 12.6. The topological polar surface area (TPSA) is 70.8 Å². The Labute approximate surface area is 220 Å². The van der Waals surface area contributed by atoms with E-state index in [1.54, 1.807) is 6.07 Å². The van der Waals surface area contributed by atoms with E-state index in [1.807, 2.05) is 0 Å². The van der Waals surface area contributed by atoms with E-state index in [4.69, 9.17) is 9.26 Å². The maximum atomic E-state index is 13.7. The zero-order valence-corrected chi connectivity index (χ0v) is 22.7. The van der Waals surface area contributed by atoms with E-state index in [0.717, 1.165) is 82.1 Å². The number of fused-ring (bicyclic) bond motifs is 1. The number of anilines is 1. The van der Waals surface area contributed by atoms with Crippen LogP contribution < -0.4 is 10.2 Å². The third-order valence-corrected chi connectivity index (χ3v) is 8.79. The fourth-order valence-corrected chi connectivity index (χ4v) is 6.83. The van der Waals surface area contributed by atoms with Crippen LogP contribution in [-0.2, 0) is 9.53 Å². The highest BCUT2D eigenvalue weighted by atomic mass is 19.1. The summed E-state index contributed by atoms with van der Waals surface area (Å²) in [6.45, 7) is 12.1. The van der Waals surface area contributed by atoms with Gasteiger partial charge < -0.3 is 19.5 Å². The zero-order chi connectivity index (χ0) is 26.0. The van der Waals surface area contributed by atoms with Gasteiger partial charge in [0.15, 0.2) is 11.4 Å². The molecule has 1 saturated carbocycles. The van der Waals surface area contributed by atoms with Crippen LogP contribution in [0.3, 0.4) is 0 Å². The summed E-state index contributed by atoms with van der Waals surface area (Å²) in [6.07, 6.45) is 8.27. The standard InChI is InChI=1S/C29H43FN4O3/c1-28(2)20-29(3,11-17-36-28)19-26(35)31-23-7-4-21(5-8-23)10-12-33-13-15-34(16-14-33)27-24-18-22(30)6-9-25(24)37-32-27/h6,9,18,21,23H,4-5,7-8,10-17,19-20H2,1-3H3,(H,31,35)/t21?,23?,29-/m0/s1. The van der Waals surface area contributed by atoms with Crippen molar-refractivity contribution < 1.29 is 18.4 Å². The number of nitrogens with zero attached hydrogens (tertiary/aromatic N) is 3. The van der Waals surface area contributed by atoms with Crippen molar-refractivity contribution in [2.75, 3.05) is 44.2 Å². The molecule has 5 rings (SSSR count). The monoisotopic (exact) mass is 514 g/mol. The average Bonchev–Trinajstić information content (AvgIpc) is 3.26. The molecule has 1 aromatic heterocycles. The summed E-state index contributed by atoms with van der Waals surface area (Å²) in [7, 11) is 0. The van der Waals surface area contributed by atoms with Crippen LogP contribution in [0.25, 0.3) is 11.0 Å². The van der Waals surface area contributed by atoms with Crippen LogP contribution in [0.2, 0.25) is 0 Å². The first-order chi connectivity index (χ1) is 17.7. The summed E-state index contributed by atoms with van der Waals surface area (Å²) in [5.74, 6) is 1.44. The van der Waals surface area contributed by atoms with Gasteiger partial charge in [0.05, 0.1) is 11.0 Å². The molecule has 2 aliphatic heterocycles. The normalized spacial score (nSPS) is 28.9. The molecule has 3 fully saturated rings. The van der Waals surface area contributed by atoms with Gasteiger partial charge in [0, 0.05) is 45.2 Å². The molecule has 204 valence electrons. The maximum absolute atomic E-state index is 13.7. The molecule has 3 heterocycles. The highest BCUT2D eigenvalue weighted by Crippen LogP contribution is 2.41. The molecule has 2 saturated heterocycles. The van der Waals surface area contributed by atoms with Crippen LogP contribution in [-0.4, -0.2) is 66.9 Å². The number of hydrogen-bond acceptors (Lipinski definition) is 6. The van der Waals surface area contributed by atoms with Crippen molar-refractivity contribution in [1.29, 1.82) is 0 Å². The molecule has 0 radical (unpaired) electrons. The SMILES string of the molecule is CC1(C)C[C@](C)(CC(=O)NC2CCC(CCN3CCN(c4noc5ccc(F)cc45)CC3)CC2)CCO1. The highest BCUT2D eigenvalue weighted by Gasteiger charge is 2.39. The Balaban J connectivity index is 1.00. The molecule has 1 amide bonds. The molecule has 8 heteroatoms. The van der Waals surface area contributed by atoms with Gasteiger partial charge in [-0.1, -0.05) is 12.1 Å². The third kappa shape index (κ3) is 6.63. The lowest BCUT2D eigenvalue weighted by atomic mass is 9.73. The molecule has 2 aromatic rings. The number of carbonyl (C=O) groups is 1. The Kier molecular flexibility index (Phi) is 7.78. The van der Waals surface area contributed by atoms with Crippen molar-refractivity contribution in [3.05, 3.63) is 24.0 Å². The van der Waals surface area contributed by atoms with Crippen molar-refractivity contribution in [3.63, 3.8) is 0 Å². The maximum Gasteiger partial charge on any atom is 0.220 e. The van der Waals surface area contributed by atoms with Gasteiger partial charge in [0.2, 0.25) is 5.91 Å². The van der Waals surface area contributed by atoms with E-state index >= 15 is 0 Å². The molecule has 0 bridgehead atoms. The highest BCUT2D eigenvalue weighted by molar-refractivity contribution is 5.88. The Hall–Kier alpha value is -2.19. The minimum Gasteiger partial charge on any atom is -0.376 e. The summed E-state index contributed by atoms with van der Waals surface area (Å²) in [5.41, 5.74) is 0.527. The number of nitrogens with one attached hydrogen (secondary N) is 1. The first-order valence-corrected chi connectivity index (χ1v) is 14.1. The van der Waals surface area contributed by atoms with Gasteiger partial charge in [0.1, 0.15) is 5.82 Å². The van der Waals surface area contributed by atoms with Crippen molar-refractivity contribution in [3.8, 4) is 0 Å². The third-order valence-electron chi connectivity index (χ3n) is 8.79. The second-order valence-corrected chi connectivity index (χ2v) is 12.6. The Morgan fingerprint density at radius 2 is 1.89 bits per heavy atom. The van der Waals surface area contributed by atoms with E-state index in [9.17, 15) is 9.18 Å². The lowest BCUT2D eigenvalue weighted by Crippen LogP contribution is -2.47. The lowest BCUT2D eigenvalue weighted by molar-refractivity contribution is -0.132. The summed E-state index contributed by atoms with van der Waals surface area (Å²) in [4.78, 5) is 17.6. The molecule has 0 spiro atoms. The average molecular weight is 515 g/mol. The predicted molar refractivity (Wildman–Crippen MR) is 143 cm³/mol. The van der Waals surface area contributed by atoms with Gasteiger partial charge in [-0.2, -0.15) is 0 Å². The number of piperazine rings is 1. The van der Waals surface area contributed by atoms with Gasteiger partial charge in [-0.3, -0.25) is 9.69 Å². The van der Waals surface area contributed by atoms with Crippen molar-refractivity contribution in [2.24, 2.45) is 11.3 Å². The van der Waals surface area contributed by atoms with Crippen molar-refractivity contribution >= 4 is 22.7 Å². The summed E-state index contributed by atoms with van der Waals surface area (Å²) in [5, 5.41) is 8.30. The number of carbonyl (C=O) groups excluding carboxylic acids is 1. The molecule has 0 unspecified atom stereocenters. The Morgan fingerprint density at radius 3 is 2.62 bits per heavy atom. The molecule has 1 N–H and O–H groups in total. The van der Waals surface area contributed by atoms with E-state index in [1.165, 1.54) is 31.4 Å².